The van der Waals surface area contributed by atoms with Gasteiger partial charge >= 0.3 is 0 Å². The van der Waals surface area contributed by atoms with Crippen LogP contribution in [0.3, 0.4) is 0 Å². The summed E-state index contributed by atoms with van der Waals surface area (Å²) in [6.45, 7) is 8.00. The first-order chi connectivity index (χ1) is 7.47. The van der Waals surface area contributed by atoms with E-state index in [1.807, 2.05) is 0 Å². The molecule has 2 nitrogen and oxygen atoms in total. The molecule has 1 aliphatic carbocycles. The van der Waals surface area contributed by atoms with Crippen LogP contribution in [0, 0.1) is 16.7 Å². The molecule has 1 heterocycles. The fourth-order valence-electron chi connectivity index (χ4n) is 2.88. The van der Waals surface area contributed by atoms with Gasteiger partial charge in [0.1, 0.15) is 0 Å². The summed E-state index contributed by atoms with van der Waals surface area (Å²) in [6, 6.07) is 0. The summed E-state index contributed by atoms with van der Waals surface area (Å²) < 4.78 is 5.89. The molecule has 0 amide bonds. The van der Waals surface area contributed by atoms with E-state index in [2.05, 4.69) is 20.8 Å². The van der Waals surface area contributed by atoms with Crippen LogP contribution >= 0.6 is 0 Å². The Hall–Kier alpha value is -0.0800. The molecule has 2 aliphatic rings. The highest BCUT2D eigenvalue weighted by Gasteiger charge is 2.50. The molecule has 0 aromatic rings. The summed E-state index contributed by atoms with van der Waals surface area (Å²) in [7, 11) is 0. The normalized spacial score (nSPS) is 35.6. The Balaban J connectivity index is 1.99. The monoisotopic (exact) mass is 226 g/mol. The number of aliphatic hydroxyl groups is 1. The lowest BCUT2D eigenvalue weighted by Crippen LogP contribution is -2.37. The maximum absolute atomic E-state index is 9.78. The van der Waals surface area contributed by atoms with Gasteiger partial charge in [-0.15, -0.1) is 0 Å². The van der Waals surface area contributed by atoms with Gasteiger partial charge in [-0.2, -0.15) is 0 Å². The maximum Gasteiger partial charge on any atom is 0.0682 e. The smallest absolute Gasteiger partial charge is 0.0682 e. The third-order valence-electron chi connectivity index (χ3n) is 4.24. The lowest BCUT2D eigenvalue weighted by atomic mass is 9.72. The minimum atomic E-state index is 0.0778. The largest absolute Gasteiger partial charge is 0.396 e. The molecule has 94 valence electrons. The van der Waals surface area contributed by atoms with Gasteiger partial charge in [0.05, 0.1) is 12.7 Å². The number of ether oxygens (including phenoxy) is 1. The highest BCUT2D eigenvalue weighted by Crippen LogP contribution is 2.50. The van der Waals surface area contributed by atoms with Crippen molar-refractivity contribution in [2.75, 3.05) is 13.2 Å². The van der Waals surface area contributed by atoms with E-state index in [-0.39, 0.29) is 5.41 Å². The van der Waals surface area contributed by atoms with Crippen molar-refractivity contribution in [3.05, 3.63) is 0 Å². The standard InChI is InChI=1S/C14H26O2/c1-13(2,3)6-7-14(10-15)8-9-16-12(14)11-4-5-11/h11-12,15H,4-10H2,1-3H3. The Morgan fingerprint density at radius 3 is 2.50 bits per heavy atom. The lowest BCUT2D eigenvalue weighted by molar-refractivity contribution is -0.00941. The molecule has 0 spiro atoms. The van der Waals surface area contributed by atoms with Gasteiger partial charge in [-0.25, -0.2) is 0 Å². The SMILES string of the molecule is CC(C)(C)CCC1(CO)CCOC1C1CC1. The third kappa shape index (κ3) is 2.60. The van der Waals surface area contributed by atoms with E-state index in [9.17, 15) is 5.11 Å². The Morgan fingerprint density at radius 1 is 1.31 bits per heavy atom. The number of aliphatic hydroxyl groups excluding tert-OH is 1. The van der Waals surface area contributed by atoms with Crippen LogP contribution in [0.1, 0.15) is 52.9 Å². The zero-order valence-corrected chi connectivity index (χ0v) is 11.0. The van der Waals surface area contributed by atoms with Crippen molar-refractivity contribution in [3.63, 3.8) is 0 Å². The second-order valence-electron chi connectivity index (χ2n) is 6.96. The van der Waals surface area contributed by atoms with Crippen molar-refractivity contribution >= 4 is 0 Å². The van der Waals surface area contributed by atoms with Crippen molar-refractivity contribution < 1.29 is 9.84 Å². The molecule has 1 saturated heterocycles. The molecule has 0 aromatic heterocycles. The average molecular weight is 226 g/mol. The topological polar surface area (TPSA) is 29.5 Å². The van der Waals surface area contributed by atoms with E-state index < -0.39 is 0 Å². The minimum Gasteiger partial charge on any atom is -0.396 e. The van der Waals surface area contributed by atoms with Gasteiger partial charge in [0.2, 0.25) is 0 Å². The van der Waals surface area contributed by atoms with Crippen molar-refractivity contribution in [2.45, 2.75) is 59.0 Å². The van der Waals surface area contributed by atoms with Crippen LogP contribution in [0.15, 0.2) is 0 Å². The molecule has 16 heavy (non-hydrogen) atoms. The predicted molar refractivity (Wildman–Crippen MR) is 65.3 cm³/mol. The van der Waals surface area contributed by atoms with E-state index in [4.69, 9.17) is 4.74 Å². The van der Waals surface area contributed by atoms with Gasteiger partial charge in [-0.3, -0.25) is 0 Å². The first-order valence-corrected chi connectivity index (χ1v) is 6.69. The quantitative estimate of drug-likeness (QED) is 0.798. The molecule has 1 saturated carbocycles. The molecule has 0 radical (unpaired) electrons. The first kappa shape index (κ1) is 12.4. The molecule has 1 N–H and O–H groups in total. The van der Waals surface area contributed by atoms with Gasteiger partial charge in [0, 0.05) is 12.0 Å². The van der Waals surface area contributed by atoms with Crippen LogP contribution in [0.5, 0.6) is 0 Å². The molecule has 2 unspecified atom stereocenters. The molecular weight excluding hydrogens is 200 g/mol. The molecule has 1 aliphatic heterocycles. The Morgan fingerprint density at radius 2 is 2.00 bits per heavy atom. The summed E-state index contributed by atoms with van der Waals surface area (Å²) in [5, 5.41) is 9.78. The Kier molecular flexibility index (Phi) is 3.33. The zero-order chi connectivity index (χ0) is 11.8. The van der Waals surface area contributed by atoms with Crippen molar-refractivity contribution in [1.82, 2.24) is 0 Å². The van der Waals surface area contributed by atoms with Gasteiger partial charge in [0.15, 0.2) is 0 Å². The third-order valence-corrected chi connectivity index (χ3v) is 4.24. The summed E-state index contributed by atoms with van der Waals surface area (Å²) in [5.74, 6) is 0.745. The van der Waals surface area contributed by atoms with Gasteiger partial charge < -0.3 is 9.84 Å². The summed E-state index contributed by atoms with van der Waals surface area (Å²) in [5.41, 5.74) is 0.438. The van der Waals surface area contributed by atoms with Crippen molar-refractivity contribution in [3.8, 4) is 0 Å². The maximum atomic E-state index is 9.78. The van der Waals surface area contributed by atoms with Crippen LogP contribution in [0.2, 0.25) is 0 Å². The van der Waals surface area contributed by atoms with Crippen LogP contribution < -0.4 is 0 Å². The Bertz CT molecular complexity index is 240. The van der Waals surface area contributed by atoms with Crippen LogP contribution in [0.25, 0.3) is 0 Å². The highest BCUT2D eigenvalue weighted by atomic mass is 16.5. The molecular formula is C14H26O2. The molecule has 0 aromatic carbocycles. The Labute approximate surface area is 99.4 Å². The highest BCUT2D eigenvalue weighted by molar-refractivity contribution is 4.99. The molecule has 2 heteroatoms. The first-order valence-electron chi connectivity index (χ1n) is 6.69. The summed E-state index contributed by atoms with van der Waals surface area (Å²) >= 11 is 0. The van der Waals surface area contributed by atoms with E-state index in [0.717, 1.165) is 25.4 Å². The average Bonchev–Trinajstić information content (AvgIpc) is 2.95. The second kappa shape index (κ2) is 4.30. The number of rotatable bonds is 4. The van der Waals surface area contributed by atoms with E-state index in [0.29, 0.717) is 18.1 Å². The minimum absolute atomic E-state index is 0.0778. The lowest BCUT2D eigenvalue weighted by Gasteiger charge is -2.34. The van der Waals surface area contributed by atoms with Crippen LogP contribution in [-0.4, -0.2) is 24.4 Å². The fourth-order valence-corrected chi connectivity index (χ4v) is 2.88. The van der Waals surface area contributed by atoms with Gasteiger partial charge in [0.25, 0.3) is 0 Å². The summed E-state index contributed by atoms with van der Waals surface area (Å²) in [4.78, 5) is 0. The fraction of sp³-hybridized carbons (Fsp3) is 1.00. The molecule has 0 bridgehead atoms. The molecule has 2 fully saturated rings. The van der Waals surface area contributed by atoms with Crippen LogP contribution in [0.4, 0.5) is 0 Å². The summed E-state index contributed by atoms with van der Waals surface area (Å²) in [6.07, 6.45) is 6.32. The van der Waals surface area contributed by atoms with E-state index in [1.165, 1.54) is 19.3 Å². The van der Waals surface area contributed by atoms with Gasteiger partial charge in [-0.1, -0.05) is 20.8 Å². The molecule has 2 rings (SSSR count). The van der Waals surface area contributed by atoms with E-state index in [1.54, 1.807) is 0 Å². The van der Waals surface area contributed by atoms with Crippen molar-refractivity contribution in [2.24, 2.45) is 16.7 Å². The van der Waals surface area contributed by atoms with Crippen LogP contribution in [-0.2, 0) is 4.74 Å². The van der Waals surface area contributed by atoms with Crippen molar-refractivity contribution in [1.29, 1.82) is 0 Å². The number of hydrogen-bond donors (Lipinski definition) is 1. The van der Waals surface area contributed by atoms with Gasteiger partial charge in [-0.05, 0) is 43.4 Å². The predicted octanol–water partition coefficient (Wildman–Crippen LogP) is 2.99. The zero-order valence-electron chi connectivity index (χ0n) is 11.0. The molecule has 2 atom stereocenters. The number of hydrogen-bond acceptors (Lipinski definition) is 2. The van der Waals surface area contributed by atoms with E-state index >= 15 is 0 Å². The second-order valence-corrected chi connectivity index (χ2v) is 6.96.